The van der Waals surface area contributed by atoms with Crippen molar-refractivity contribution in [1.82, 2.24) is 4.57 Å². The van der Waals surface area contributed by atoms with Gasteiger partial charge in [-0.3, -0.25) is 4.57 Å². The average Bonchev–Trinajstić information content (AvgIpc) is 3.13. The molecule has 31 heavy (non-hydrogen) atoms. The van der Waals surface area contributed by atoms with Gasteiger partial charge in [-0.2, -0.15) is 0 Å². The highest BCUT2D eigenvalue weighted by Crippen LogP contribution is 2.35. The average molecular weight is 411 g/mol. The lowest BCUT2D eigenvalue weighted by Crippen LogP contribution is -2.18. The number of amides is 1. The zero-order valence-electron chi connectivity index (χ0n) is 18.9. The monoisotopic (exact) mass is 410 g/mol. The summed E-state index contributed by atoms with van der Waals surface area (Å²) in [6, 6.07) is 24.5. The molecule has 4 rings (SSSR count). The van der Waals surface area contributed by atoms with Crippen molar-refractivity contribution >= 4 is 22.6 Å². The number of hydrogen-bond acceptors (Lipinski definition) is 1. The van der Waals surface area contributed by atoms with Gasteiger partial charge in [-0.15, -0.1) is 0 Å². The second-order valence-electron chi connectivity index (χ2n) is 9.43. The molecule has 0 fully saturated rings. The van der Waals surface area contributed by atoms with Crippen molar-refractivity contribution < 1.29 is 4.79 Å². The maximum Gasteiger partial charge on any atom is 0.330 e. The third kappa shape index (κ3) is 4.13. The summed E-state index contributed by atoms with van der Waals surface area (Å²) in [5.41, 5.74) is 6.55. The van der Waals surface area contributed by atoms with Gasteiger partial charge >= 0.3 is 6.03 Å². The minimum atomic E-state index is -0.159. The molecule has 0 atom stereocenters. The molecule has 0 saturated carbocycles. The number of anilines is 1. The minimum Gasteiger partial charge on any atom is -0.307 e. The number of fused-ring (bicyclic) bond motifs is 1. The highest BCUT2D eigenvalue weighted by atomic mass is 16.2. The first-order valence-corrected chi connectivity index (χ1v) is 10.9. The number of aromatic nitrogens is 1. The number of benzene rings is 3. The molecule has 4 aromatic rings. The fraction of sp³-hybridized carbons (Fsp3) is 0.250. The normalized spacial score (nSPS) is 11.8. The van der Waals surface area contributed by atoms with Gasteiger partial charge in [0.15, 0.2) is 0 Å². The minimum absolute atomic E-state index is 0.0812. The summed E-state index contributed by atoms with van der Waals surface area (Å²) in [6.45, 7) is 11.0. The molecule has 3 nitrogen and oxygen atoms in total. The maximum atomic E-state index is 13.2. The van der Waals surface area contributed by atoms with Crippen LogP contribution in [-0.4, -0.2) is 10.6 Å². The van der Waals surface area contributed by atoms with Crippen molar-refractivity contribution in [2.45, 2.75) is 46.0 Å². The smallest absolute Gasteiger partial charge is 0.307 e. The molecule has 0 bridgehead atoms. The Balaban J connectivity index is 1.73. The summed E-state index contributed by atoms with van der Waals surface area (Å²) < 4.78 is 1.72. The van der Waals surface area contributed by atoms with Gasteiger partial charge in [-0.05, 0) is 46.2 Å². The Morgan fingerprint density at radius 2 is 1.48 bits per heavy atom. The Hall–Kier alpha value is -3.33. The van der Waals surface area contributed by atoms with Gasteiger partial charge in [0, 0.05) is 22.8 Å². The van der Waals surface area contributed by atoms with Crippen LogP contribution < -0.4 is 5.32 Å². The van der Waals surface area contributed by atoms with Gasteiger partial charge in [0.2, 0.25) is 0 Å². The number of nitrogens with zero attached hydrogens (tertiary/aromatic N) is 1. The van der Waals surface area contributed by atoms with Crippen LogP contribution in [0.1, 0.15) is 51.7 Å². The van der Waals surface area contributed by atoms with Crippen molar-refractivity contribution in [1.29, 1.82) is 0 Å². The third-order valence-corrected chi connectivity index (χ3v) is 5.81. The van der Waals surface area contributed by atoms with Gasteiger partial charge in [-0.1, -0.05) is 89.2 Å². The van der Waals surface area contributed by atoms with Crippen LogP contribution in [0.15, 0.2) is 79.0 Å². The lowest BCUT2D eigenvalue weighted by Gasteiger charge is -2.19. The molecule has 1 heterocycles. The predicted molar refractivity (Wildman–Crippen MR) is 131 cm³/mol. The summed E-state index contributed by atoms with van der Waals surface area (Å²) >= 11 is 0. The Labute approximate surface area is 184 Å². The second kappa shape index (κ2) is 8.07. The first-order valence-electron chi connectivity index (χ1n) is 10.9. The van der Waals surface area contributed by atoms with Crippen molar-refractivity contribution in [2.75, 3.05) is 5.32 Å². The van der Waals surface area contributed by atoms with E-state index in [1.807, 2.05) is 36.5 Å². The van der Waals surface area contributed by atoms with E-state index in [0.717, 1.165) is 22.2 Å². The van der Waals surface area contributed by atoms with Crippen molar-refractivity contribution in [3.05, 3.63) is 90.1 Å². The lowest BCUT2D eigenvalue weighted by atomic mass is 9.87. The molecule has 1 amide bonds. The topological polar surface area (TPSA) is 34.0 Å². The number of carbonyl (C=O) groups excluding carboxylic acids is 1. The van der Waals surface area contributed by atoms with Crippen molar-refractivity contribution in [3.8, 4) is 11.1 Å². The number of nitrogens with one attached hydrogen (secondary N) is 1. The number of hydrogen-bond donors (Lipinski definition) is 1. The highest BCUT2D eigenvalue weighted by Gasteiger charge is 2.18. The van der Waals surface area contributed by atoms with E-state index >= 15 is 0 Å². The summed E-state index contributed by atoms with van der Waals surface area (Å²) in [4.78, 5) is 13.2. The van der Waals surface area contributed by atoms with Crippen molar-refractivity contribution in [3.63, 3.8) is 0 Å². The maximum absolute atomic E-state index is 13.2. The Morgan fingerprint density at radius 1 is 0.839 bits per heavy atom. The second-order valence-corrected chi connectivity index (χ2v) is 9.43. The Bertz CT molecular complexity index is 1220. The van der Waals surface area contributed by atoms with E-state index in [1.165, 1.54) is 16.7 Å². The van der Waals surface area contributed by atoms with E-state index < -0.39 is 0 Å². The van der Waals surface area contributed by atoms with E-state index in [-0.39, 0.29) is 11.4 Å². The van der Waals surface area contributed by atoms with E-state index in [1.54, 1.807) is 4.57 Å². The van der Waals surface area contributed by atoms with E-state index in [9.17, 15) is 4.79 Å². The summed E-state index contributed by atoms with van der Waals surface area (Å²) in [5, 5.41) is 4.13. The molecule has 158 valence electrons. The molecular weight excluding hydrogens is 380 g/mol. The fourth-order valence-corrected chi connectivity index (χ4v) is 4.05. The highest BCUT2D eigenvalue weighted by molar-refractivity contribution is 6.05. The number of para-hydroxylation sites is 1. The quantitative estimate of drug-likeness (QED) is 0.367. The van der Waals surface area contributed by atoms with Gasteiger partial charge in [0.05, 0.1) is 5.52 Å². The van der Waals surface area contributed by atoms with Crippen LogP contribution >= 0.6 is 0 Å². The molecule has 0 radical (unpaired) electrons. The number of carbonyl (C=O) groups is 1. The first kappa shape index (κ1) is 20.9. The Morgan fingerprint density at radius 3 is 2.16 bits per heavy atom. The van der Waals surface area contributed by atoms with E-state index in [4.69, 9.17) is 0 Å². The van der Waals surface area contributed by atoms with Crippen LogP contribution in [0, 0.1) is 0 Å². The molecule has 1 N–H and O–H groups in total. The molecule has 0 aliphatic carbocycles. The van der Waals surface area contributed by atoms with Crippen LogP contribution in [0.4, 0.5) is 10.5 Å². The lowest BCUT2D eigenvalue weighted by molar-refractivity contribution is 0.254. The molecule has 0 saturated heterocycles. The summed E-state index contributed by atoms with van der Waals surface area (Å²) in [5.74, 6) is 0.397. The molecular formula is C28H30N2O. The summed E-state index contributed by atoms with van der Waals surface area (Å²) in [7, 11) is 0. The number of rotatable bonds is 3. The molecule has 3 heteroatoms. The van der Waals surface area contributed by atoms with Crippen molar-refractivity contribution in [2.24, 2.45) is 0 Å². The Kier molecular flexibility index (Phi) is 5.45. The largest absolute Gasteiger partial charge is 0.330 e. The van der Waals surface area contributed by atoms with Crippen LogP contribution in [-0.2, 0) is 5.41 Å². The fourth-order valence-electron chi connectivity index (χ4n) is 4.05. The van der Waals surface area contributed by atoms with Gasteiger partial charge < -0.3 is 5.32 Å². The first-order chi connectivity index (χ1) is 14.8. The molecule has 0 aliphatic rings. The SMILES string of the molecule is CC(C)c1ccccc1-c1cn(C(=O)Nc2ccc(C(C)(C)C)cc2)c2ccccc12. The van der Waals surface area contributed by atoms with E-state index in [0.29, 0.717) is 5.92 Å². The zero-order chi connectivity index (χ0) is 22.2. The predicted octanol–water partition coefficient (Wildman–Crippen LogP) is 7.81. The zero-order valence-corrected chi connectivity index (χ0v) is 18.9. The van der Waals surface area contributed by atoms with E-state index in [2.05, 4.69) is 82.4 Å². The summed E-state index contributed by atoms with van der Waals surface area (Å²) in [6.07, 6.45) is 1.96. The standard InChI is InChI=1S/C28H30N2O/c1-19(2)22-10-6-7-11-23(22)25-18-30(26-13-9-8-12-24(25)26)27(31)29-21-16-14-20(15-17-21)28(3,4)5/h6-19H,1-5H3,(H,29,31). The van der Waals surface area contributed by atoms with Crippen LogP contribution in [0.3, 0.4) is 0 Å². The van der Waals surface area contributed by atoms with Gasteiger partial charge in [-0.25, -0.2) is 4.79 Å². The molecule has 3 aromatic carbocycles. The van der Waals surface area contributed by atoms with Crippen LogP contribution in [0.2, 0.25) is 0 Å². The molecule has 0 spiro atoms. The van der Waals surface area contributed by atoms with Crippen LogP contribution in [0.5, 0.6) is 0 Å². The van der Waals surface area contributed by atoms with Crippen LogP contribution in [0.25, 0.3) is 22.0 Å². The van der Waals surface area contributed by atoms with Gasteiger partial charge in [0.25, 0.3) is 0 Å². The van der Waals surface area contributed by atoms with Gasteiger partial charge in [0.1, 0.15) is 0 Å². The molecule has 1 aromatic heterocycles. The molecule has 0 aliphatic heterocycles. The molecule has 0 unspecified atom stereocenters. The third-order valence-electron chi connectivity index (χ3n) is 5.81.